The molecule has 1 aromatic carbocycles. The molecule has 5 rings (SSSR count). The molecular weight excluding hydrogens is 487 g/mol. The lowest BCUT2D eigenvalue weighted by Crippen LogP contribution is -2.44. The summed E-state index contributed by atoms with van der Waals surface area (Å²) in [5.74, 6) is -0.151. The summed E-state index contributed by atoms with van der Waals surface area (Å²) in [5, 5.41) is 9.32. The topological polar surface area (TPSA) is 104 Å². The van der Waals surface area contributed by atoms with Crippen molar-refractivity contribution < 1.29 is 13.9 Å². The molecule has 1 amide bonds. The standard InChI is InChI=1S/C24H25FN6O4S/c1-4-28-11-8-17(20(28)32)30-21(33)19-14(2)22(31-26-9-10-27-31)36-23(19)29(24(30)34)12-7-15-13-16(25)5-6-18(15)35-3/h5-6,9-10,13,17H,4,7-8,11-12H2,1-3H3/t17-/m0/s1. The maximum atomic E-state index is 14.0. The van der Waals surface area contributed by atoms with Crippen LogP contribution in [0.25, 0.3) is 15.2 Å². The molecule has 0 N–H and O–H groups in total. The molecule has 0 spiro atoms. The Labute approximate surface area is 209 Å². The summed E-state index contributed by atoms with van der Waals surface area (Å²) < 4.78 is 21.9. The molecule has 1 saturated heterocycles. The smallest absolute Gasteiger partial charge is 0.332 e. The van der Waals surface area contributed by atoms with Crippen LogP contribution in [-0.2, 0) is 17.8 Å². The number of carbonyl (C=O) groups excluding carboxylic acids is 1. The lowest BCUT2D eigenvalue weighted by molar-refractivity contribution is -0.130. The van der Waals surface area contributed by atoms with Gasteiger partial charge in [0.05, 0.1) is 24.9 Å². The number of likely N-dealkylation sites (N-methyl/N-ethyl adjacent to an activating group) is 1. The monoisotopic (exact) mass is 512 g/mol. The van der Waals surface area contributed by atoms with E-state index in [0.29, 0.717) is 51.6 Å². The minimum Gasteiger partial charge on any atom is -0.496 e. The Morgan fingerprint density at radius 3 is 2.61 bits per heavy atom. The summed E-state index contributed by atoms with van der Waals surface area (Å²) in [6.07, 6.45) is 3.71. The largest absolute Gasteiger partial charge is 0.496 e. The molecule has 188 valence electrons. The summed E-state index contributed by atoms with van der Waals surface area (Å²) in [4.78, 5) is 44.0. The number of likely N-dealkylation sites (tertiary alicyclic amines) is 1. The molecule has 3 aromatic heterocycles. The second-order valence-electron chi connectivity index (χ2n) is 8.57. The fourth-order valence-electron chi connectivity index (χ4n) is 4.79. The number of methoxy groups -OCH3 is 1. The number of halogens is 1. The van der Waals surface area contributed by atoms with Crippen molar-refractivity contribution in [3.05, 3.63) is 68.4 Å². The summed E-state index contributed by atoms with van der Waals surface area (Å²) >= 11 is 1.23. The molecule has 0 unspecified atom stereocenters. The second-order valence-corrected chi connectivity index (χ2v) is 9.55. The molecule has 4 aromatic rings. The first kappa shape index (κ1) is 23.9. The van der Waals surface area contributed by atoms with Gasteiger partial charge in [-0.1, -0.05) is 11.3 Å². The maximum absolute atomic E-state index is 14.0. The molecular formula is C24H25FN6O4S. The van der Waals surface area contributed by atoms with Crippen LogP contribution in [0.1, 0.15) is 30.5 Å². The van der Waals surface area contributed by atoms with E-state index in [9.17, 15) is 18.8 Å². The SMILES string of the molecule is CCN1CC[C@H](n2c(=O)c3c(C)c(-n4nccn4)sc3n(CCc3cc(F)ccc3OC)c2=O)C1=O. The highest BCUT2D eigenvalue weighted by molar-refractivity contribution is 7.21. The third-order valence-electron chi connectivity index (χ3n) is 6.63. The summed E-state index contributed by atoms with van der Waals surface area (Å²) in [5.41, 5.74) is 0.143. The third kappa shape index (κ3) is 3.81. The van der Waals surface area contributed by atoms with Gasteiger partial charge in [0.25, 0.3) is 5.56 Å². The van der Waals surface area contributed by atoms with Crippen LogP contribution < -0.4 is 16.0 Å². The van der Waals surface area contributed by atoms with Gasteiger partial charge in [-0.25, -0.2) is 13.8 Å². The quantitative estimate of drug-likeness (QED) is 0.376. The number of aromatic nitrogens is 5. The number of thiophene rings is 1. The first-order chi connectivity index (χ1) is 17.3. The van der Waals surface area contributed by atoms with Crippen LogP contribution in [0.2, 0.25) is 0 Å². The average molecular weight is 513 g/mol. The highest BCUT2D eigenvalue weighted by Crippen LogP contribution is 2.31. The van der Waals surface area contributed by atoms with Gasteiger partial charge in [-0.05, 0) is 50.5 Å². The summed E-state index contributed by atoms with van der Waals surface area (Å²) in [6.45, 7) is 4.79. The summed E-state index contributed by atoms with van der Waals surface area (Å²) in [7, 11) is 1.50. The summed E-state index contributed by atoms with van der Waals surface area (Å²) in [6, 6.07) is 3.35. The minimum atomic E-state index is -0.866. The third-order valence-corrected chi connectivity index (χ3v) is 7.91. The van der Waals surface area contributed by atoms with Crippen LogP contribution in [-0.4, -0.2) is 55.1 Å². The van der Waals surface area contributed by atoms with Crippen LogP contribution in [0, 0.1) is 12.7 Å². The number of hydrogen-bond donors (Lipinski definition) is 0. The van der Waals surface area contributed by atoms with Crippen LogP contribution in [0.4, 0.5) is 4.39 Å². The molecule has 12 heteroatoms. The van der Waals surface area contributed by atoms with Gasteiger partial charge in [0.15, 0.2) is 0 Å². The molecule has 1 aliphatic heterocycles. The Bertz CT molecular complexity index is 1570. The molecule has 4 heterocycles. The van der Waals surface area contributed by atoms with E-state index >= 15 is 0 Å². The van der Waals surface area contributed by atoms with E-state index < -0.39 is 23.1 Å². The Kier molecular flexibility index (Phi) is 6.20. The first-order valence-electron chi connectivity index (χ1n) is 11.6. The fraction of sp³-hybridized carbons (Fsp3) is 0.375. The van der Waals surface area contributed by atoms with Crippen molar-refractivity contribution >= 4 is 27.5 Å². The van der Waals surface area contributed by atoms with Crippen molar-refractivity contribution in [1.82, 2.24) is 29.0 Å². The number of benzene rings is 1. The molecule has 1 aliphatic rings. The van der Waals surface area contributed by atoms with E-state index in [0.717, 1.165) is 4.57 Å². The van der Waals surface area contributed by atoms with Gasteiger partial charge in [-0.3, -0.25) is 14.2 Å². The lowest BCUT2D eigenvalue weighted by atomic mass is 10.1. The van der Waals surface area contributed by atoms with Crippen LogP contribution >= 0.6 is 11.3 Å². The first-order valence-corrected chi connectivity index (χ1v) is 12.4. The van der Waals surface area contributed by atoms with Crippen molar-refractivity contribution in [2.75, 3.05) is 20.2 Å². The zero-order valence-corrected chi connectivity index (χ0v) is 20.9. The zero-order valence-electron chi connectivity index (χ0n) is 20.1. The van der Waals surface area contributed by atoms with Crippen molar-refractivity contribution in [1.29, 1.82) is 0 Å². The number of rotatable bonds is 7. The number of carbonyl (C=O) groups is 1. The van der Waals surface area contributed by atoms with Crippen LogP contribution in [0.15, 0.2) is 40.2 Å². The molecule has 0 saturated carbocycles. The van der Waals surface area contributed by atoms with Gasteiger partial charge in [0, 0.05) is 25.2 Å². The molecule has 0 radical (unpaired) electrons. The Morgan fingerprint density at radius 1 is 1.19 bits per heavy atom. The Morgan fingerprint density at radius 2 is 1.94 bits per heavy atom. The molecule has 1 fully saturated rings. The van der Waals surface area contributed by atoms with E-state index in [2.05, 4.69) is 10.2 Å². The number of hydrogen-bond acceptors (Lipinski definition) is 7. The normalized spacial score (nSPS) is 15.8. The predicted octanol–water partition coefficient (Wildman–Crippen LogP) is 2.30. The highest BCUT2D eigenvalue weighted by atomic mass is 32.1. The molecule has 0 aliphatic carbocycles. The van der Waals surface area contributed by atoms with Gasteiger partial charge < -0.3 is 9.64 Å². The van der Waals surface area contributed by atoms with Crippen LogP contribution in [0.5, 0.6) is 5.75 Å². The number of aryl methyl sites for hydroxylation is 3. The number of ether oxygens (including phenoxy) is 1. The number of amides is 1. The van der Waals surface area contributed by atoms with Crippen molar-refractivity contribution in [3.8, 4) is 10.8 Å². The molecule has 36 heavy (non-hydrogen) atoms. The van der Waals surface area contributed by atoms with E-state index in [4.69, 9.17) is 4.74 Å². The second kappa shape index (κ2) is 9.34. The van der Waals surface area contributed by atoms with E-state index in [-0.39, 0.29) is 18.9 Å². The van der Waals surface area contributed by atoms with Gasteiger partial charge in [-0.2, -0.15) is 10.2 Å². The average Bonchev–Trinajstić information content (AvgIpc) is 3.59. The van der Waals surface area contributed by atoms with Gasteiger partial charge in [0.2, 0.25) is 5.91 Å². The van der Waals surface area contributed by atoms with Gasteiger partial charge in [0.1, 0.15) is 27.4 Å². The predicted molar refractivity (Wildman–Crippen MR) is 133 cm³/mol. The van der Waals surface area contributed by atoms with Crippen molar-refractivity contribution in [2.45, 2.75) is 39.3 Å². The van der Waals surface area contributed by atoms with Crippen LogP contribution in [0.3, 0.4) is 0 Å². The molecule has 0 bridgehead atoms. The zero-order chi connectivity index (χ0) is 25.6. The Hall–Kier alpha value is -3.80. The molecule has 1 atom stereocenters. The lowest BCUT2D eigenvalue weighted by Gasteiger charge is -2.17. The number of fused-ring (bicyclic) bond motifs is 1. The fourth-order valence-corrected chi connectivity index (χ4v) is 6.02. The van der Waals surface area contributed by atoms with E-state index in [1.165, 1.54) is 58.4 Å². The maximum Gasteiger partial charge on any atom is 0.332 e. The van der Waals surface area contributed by atoms with Crippen molar-refractivity contribution in [2.24, 2.45) is 0 Å². The number of nitrogens with zero attached hydrogens (tertiary/aromatic N) is 6. The van der Waals surface area contributed by atoms with Gasteiger partial charge >= 0.3 is 5.69 Å². The Balaban J connectivity index is 1.71. The van der Waals surface area contributed by atoms with Gasteiger partial charge in [-0.15, -0.1) is 4.80 Å². The minimum absolute atomic E-state index is 0.153. The highest BCUT2D eigenvalue weighted by Gasteiger charge is 2.35. The van der Waals surface area contributed by atoms with Crippen molar-refractivity contribution in [3.63, 3.8) is 0 Å². The van der Waals surface area contributed by atoms with E-state index in [1.54, 1.807) is 11.8 Å². The molecule has 10 nitrogen and oxygen atoms in total. The van der Waals surface area contributed by atoms with E-state index in [1.807, 2.05) is 6.92 Å².